The van der Waals surface area contributed by atoms with Gasteiger partial charge in [0.1, 0.15) is 11.6 Å². The number of nitrogens with zero attached hydrogens (tertiary/aromatic N) is 2. The summed E-state index contributed by atoms with van der Waals surface area (Å²) < 4.78 is 18.4. The molecule has 0 aliphatic carbocycles. The number of Topliss-reactive ketones (excluding diaryl/α,β-unsaturated/α-hetero) is 1. The van der Waals surface area contributed by atoms with Gasteiger partial charge in [0.2, 0.25) is 11.7 Å². The third kappa shape index (κ3) is 2.86. The Morgan fingerprint density at radius 3 is 2.74 bits per heavy atom. The predicted molar refractivity (Wildman–Crippen MR) is 68.1 cm³/mol. The van der Waals surface area contributed by atoms with Crippen LogP contribution >= 0.6 is 0 Å². The van der Waals surface area contributed by atoms with E-state index in [1.54, 1.807) is 13.0 Å². The second kappa shape index (κ2) is 5.30. The highest BCUT2D eigenvalue weighted by Crippen LogP contribution is 2.23. The van der Waals surface area contributed by atoms with Crippen LogP contribution in [0.5, 0.6) is 0 Å². The van der Waals surface area contributed by atoms with Gasteiger partial charge in [-0.25, -0.2) is 4.39 Å². The molecule has 0 saturated carbocycles. The molecule has 0 amide bonds. The maximum absolute atomic E-state index is 13.3. The van der Waals surface area contributed by atoms with Crippen LogP contribution in [0.4, 0.5) is 4.39 Å². The second-order valence-electron chi connectivity index (χ2n) is 4.54. The minimum Gasteiger partial charge on any atom is -0.338 e. The van der Waals surface area contributed by atoms with Crippen LogP contribution in [0.2, 0.25) is 0 Å². The molecule has 1 unspecified atom stereocenters. The van der Waals surface area contributed by atoms with Crippen LogP contribution in [-0.4, -0.2) is 15.9 Å². The summed E-state index contributed by atoms with van der Waals surface area (Å²) in [5.74, 6) is -0.173. The molecule has 19 heavy (non-hydrogen) atoms. The minimum absolute atomic E-state index is 0.0203. The Balaban J connectivity index is 2.37. The molecule has 2 aromatic rings. The number of ketones is 1. The number of carbonyl (C=O) groups excluding carboxylic acids is 1. The van der Waals surface area contributed by atoms with E-state index in [-0.39, 0.29) is 17.5 Å². The molecule has 0 saturated heterocycles. The maximum Gasteiger partial charge on any atom is 0.237 e. The van der Waals surface area contributed by atoms with Crippen LogP contribution in [0.3, 0.4) is 0 Å². The van der Waals surface area contributed by atoms with Gasteiger partial charge in [-0.1, -0.05) is 12.1 Å². The van der Waals surface area contributed by atoms with E-state index in [2.05, 4.69) is 10.1 Å². The molecule has 1 heterocycles. The Labute approximate surface area is 110 Å². The lowest BCUT2D eigenvalue weighted by Gasteiger charge is -2.03. The van der Waals surface area contributed by atoms with Gasteiger partial charge in [-0.15, -0.1) is 0 Å². The molecule has 0 aliphatic rings. The Morgan fingerprint density at radius 1 is 1.42 bits per heavy atom. The summed E-state index contributed by atoms with van der Waals surface area (Å²) in [6, 6.07) is 4.54. The highest BCUT2D eigenvalue weighted by atomic mass is 19.1. The number of aromatic nitrogens is 2. The third-order valence-corrected chi connectivity index (χ3v) is 2.94. The van der Waals surface area contributed by atoms with Gasteiger partial charge >= 0.3 is 0 Å². The topological polar surface area (TPSA) is 56.0 Å². The molecule has 1 aromatic carbocycles. The van der Waals surface area contributed by atoms with Crippen molar-refractivity contribution in [2.45, 2.75) is 33.1 Å². The van der Waals surface area contributed by atoms with Gasteiger partial charge in [-0.2, -0.15) is 4.98 Å². The first-order valence-electron chi connectivity index (χ1n) is 6.13. The smallest absolute Gasteiger partial charge is 0.237 e. The molecule has 2 rings (SSSR count). The molecule has 0 spiro atoms. The molecule has 0 bridgehead atoms. The molecule has 1 aromatic heterocycles. The Morgan fingerprint density at radius 2 is 2.16 bits per heavy atom. The van der Waals surface area contributed by atoms with Crippen LogP contribution in [0.1, 0.15) is 37.6 Å². The van der Waals surface area contributed by atoms with Crippen molar-refractivity contribution in [3.63, 3.8) is 0 Å². The van der Waals surface area contributed by atoms with Gasteiger partial charge in [0.15, 0.2) is 0 Å². The fourth-order valence-corrected chi connectivity index (χ4v) is 2.00. The van der Waals surface area contributed by atoms with Gasteiger partial charge < -0.3 is 4.52 Å². The van der Waals surface area contributed by atoms with Crippen molar-refractivity contribution < 1.29 is 13.7 Å². The Hall–Kier alpha value is -2.04. The van der Waals surface area contributed by atoms with E-state index < -0.39 is 5.92 Å². The van der Waals surface area contributed by atoms with Crippen molar-refractivity contribution in [3.05, 3.63) is 35.5 Å². The zero-order valence-electron chi connectivity index (χ0n) is 11.1. The fourth-order valence-electron chi connectivity index (χ4n) is 2.00. The number of hydrogen-bond acceptors (Lipinski definition) is 4. The lowest BCUT2D eigenvalue weighted by molar-refractivity contribution is -0.119. The molecular weight excluding hydrogens is 247 g/mol. The van der Waals surface area contributed by atoms with Crippen molar-refractivity contribution in [3.8, 4) is 11.4 Å². The van der Waals surface area contributed by atoms with E-state index in [1.807, 2.05) is 6.92 Å². The summed E-state index contributed by atoms with van der Waals surface area (Å²) in [4.78, 5) is 15.6. The summed E-state index contributed by atoms with van der Waals surface area (Å²) in [6.45, 7) is 5.16. The van der Waals surface area contributed by atoms with Gasteiger partial charge in [-0.3, -0.25) is 4.79 Å². The zero-order chi connectivity index (χ0) is 14.0. The molecule has 0 aliphatic heterocycles. The SMILES string of the molecule is CCC(C(C)=O)c1nc(-c2cc(C)cc(F)c2)no1. The number of rotatable bonds is 4. The quantitative estimate of drug-likeness (QED) is 0.848. The zero-order valence-corrected chi connectivity index (χ0v) is 11.1. The minimum atomic E-state index is -0.393. The van der Waals surface area contributed by atoms with Crippen LogP contribution in [0.25, 0.3) is 11.4 Å². The lowest BCUT2D eigenvalue weighted by Crippen LogP contribution is -2.07. The van der Waals surface area contributed by atoms with E-state index in [9.17, 15) is 9.18 Å². The monoisotopic (exact) mass is 262 g/mol. The maximum atomic E-state index is 13.3. The second-order valence-corrected chi connectivity index (χ2v) is 4.54. The molecule has 100 valence electrons. The van der Waals surface area contributed by atoms with E-state index in [0.717, 1.165) is 5.56 Å². The van der Waals surface area contributed by atoms with Crippen molar-refractivity contribution in [2.24, 2.45) is 0 Å². The number of carbonyl (C=O) groups is 1. The molecule has 4 nitrogen and oxygen atoms in total. The number of aryl methyl sites for hydroxylation is 1. The first kappa shape index (κ1) is 13.4. The summed E-state index contributed by atoms with van der Waals surface area (Å²) in [5.41, 5.74) is 1.32. The van der Waals surface area contributed by atoms with Crippen molar-refractivity contribution in [2.75, 3.05) is 0 Å². The highest BCUT2D eigenvalue weighted by Gasteiger charge is 2.22. The van der Waals surface area contributed by atoms with Gasteiger partial charge in [0.25, 0.3) is 0 Å². The number of benzene rings is 1. The fraction of sp³-hybridized carbons (Fsp3) is 0.357. The molecule has 5 heteroatoms. The van der Waals surface area contributed by atoms with Gasteiger partial charge in [0.05, 0.1) is 5.92 Å². The molecule has 0 radical (unpaired) electrons. The van der Waals surface area contributed by atoms with E-state index in [1.165, 1.54) is 19.1 Å². The molecule has 0 fully saturated rings. The number of halogens is 1. The average molecular weight is 262 g/mol. The normalized spacial score (nSPS) is 12.4. The van der Waals surface area contributed by atoms with Crippen LogP contribution in [0.15, 0.2) is 22.7 Å². The predicted octanol–water partition coefficient (Wildman–Crippen LogP) is 3.27. The van der Waals surface area contributed by atoms with E-state index in [0.29, 0.717) is 17.8 Å². The molecule has 0 N–H and O–H groups in total. The summed E-state index contributed by atoms with van der Waals surface area (Å²) in [6.07, 6.45) is 0.596. The Bertz CT molecular complexity index is 587. The molecular formula is C14H15FN2O2. The largest absolute Gasteiger partial charge is 0.338 e. The highest BCUT2D eigenvalue weighted by molar-refractivity contribution is 5.82. The lowest BCUT2D eigenvalue weighted by atomic mass is 10.0. The van der Waals surface area contributed by atoms with Gasteiger partial charge in [-0.05, 0) is 44.0 Å². The van der Waals surface area contributed by atoms with Gasteiger partial charge in [0, 0.05) is 5.56 Å². The molecule has 1 atom stereocenters. The summed E-state index contributed by atoms with van der Waals surface area (Å²) >= 11 is 0. The Kier molecular flexibility index (Phi) is 3.74. The number of hydrogen-bond donors (Lipinski definition) is 0. The van der Waals surface area contributed by atoms with Crippen molar-refractivity contribution in [1.29, 1.82) is 0 Å². The van der Waals surface area contributed by atoms with Crippen LogP contribution in [-0.2, 0) is 4.79 Å². The third-order valence-electron chi connectivity index (χ3n) is 2.94. The van der Waals surface area contributed by atoms with Crippen LogP contribution < -0.4 is 0 Å². The van der Waals surface area contributed by atoms with Crippen LogP contribution in [0, 0.1) is 12.7 Å². The standard InChI is InChI=1S/C14H15FN2O2/c1-4-12(9(3)18)14-16-13(17-19-14)10-5-8(2)6-11(15)7-10/h5-7,12H,4H2,1-3H3. The summed E-state index contributed by atoms with van der Waals surface area (Å²) in [7, 11) is 0. The first-order chi connectivity index (χ1) is 9.01. The summed E-state index contributed by atoms with van der Waals surface area (Å²) in [5, 5.41) is 3.81. The average Bonchev–Trinajstić information content (AvgIpc) is 2.77. The van der Waals surface area contributed by atoms with Crippen molar-refractivity contribution in [1.82, 2.24) is 10.1 Å². The van der Waals surface area contributed by atoms with Crippen molar-refractivity contribution >= 4 is 5.78 Å². The van der Waals surface area contributed by atoms with E-state index in [4.69, 9.17) is 4.52 Å². The first-order valence-corrected chi connectivity index (χ1v) is 6.13. The van der Waals surface area contributed by atoms with E-state index >= 15 is 0 Å².